The Balaban J connectivity index is 1.40. The van der Waals surface area contributed by atoms with E-state index in [1.807, 2.05) is 53.9 Å². The minimum absolute atomic E-state index is 0.135. The van der Waals surface area contributed by atoms with Gasteiger partial charge in [-0.3, -0.25) is 4.98 Å². The van der Waals surface area contributed by atoms with Crippen LogP contribution in [0.1, 0.15) is 33.7 Å². The molecule has 6 heteroatoms. The number of hydrogen-bond donors (Lipinski definition) is 0. The van der Waals surface area contributed by atoms with Crippen molar-refractivity contribution in [2.24, 2.45) is 0 Å². The molecule has 0 aliphatic heterocycles. The normalized spacial score (nSPS) is 12.7. The highest BCUT2D eigenvalue weighted by Crippen LogP contribution is 2.33. The molecule has 5 nitrogen and oxygen atoms in total. The number of aryl methyl sites for hydroxylation is 1. The van der Waals surface area contributed by atoms with E-state index in [-0.39, 0.29) is 12.6 Å². The third-order valence-corrected chi connectivity index (χ3v) is 6.29. The van der Waals surface area contributed by atoms with Gasteiger partial charge in [0.15, 0.2) is 0 Å². The van der Waals surface area contributed by atoms with Crippen LogP contribution in [0.2, 0.25) is 0 Å². The van der Waals surface area contributed by atoms with Gasteiger partial charge in [-0.2, -0.15) is 0 Å². The second-order valence-corrected chi connectivity index (χ2v) is 8.06. The molecule has 0 amide bonds. The van der Waals surface area contributed by atoms with Crippen LogP contribution in [0, 0.1) is 0 Å². The molecule has 2 aromatic carbocycles. The van der Waals surface area contributed by atoms with Gasteiger partial charge in [-0.15, -0.1) is 11.3 Å². The maximum atomic E-state index is 13.1. The lowest BCUT2D eigenvalue weighted by Gasteiger charge is -2.11. The maximum Gasteiger partial charge on any atom is 0.339 e. The highest BCUT2D eigenvalue weighted by atomic mass is 32.1. The van der Waals surface area contributed by atoms with Crippen LogP contribution in [0.5, 0.6) is 5.75 Å². The van der Waals surface area contributed by atoms with E-state index in [9.17, 15) is 4.79 Å². The SMILES string of the molecule is COc1ccccc1-c1nc(COC(=O)c2c3c(nc4ccccc24)CCC3)cs1. The number of carbonyl (C=O) groups excluding carboxylic acids is 1. The molecule has 2 heterocycles. The molecule has 0 radical (unpaired) electrons. The first-order valence-electron chi connectivity index (χ1n) is 9.90. The summed E-state index contributed by atoms with van der Waals surface area (Å²) in [5.74, 6) is 0.466. The van der Waals surface area contributed by atoms with Crippen LogP contribution in [-0.2, 0) is 24.2 Å². The van der Waals surface area contributed by atoms with E-state index in [0.717, 1.165) is 63.4 Å². The average Bonchev–Trinajstić information content (AvgIpc) is 3.45. The van der Waals surface area contributed by atoms with Crippen LogP contribution in [0.3, 0.4) is 0 Å². The van der Waals surface area contributed by atoms with Crippen LogP contribution >= 0.6 is 11.3 Å². The zero-order valence-electron chi connectivity index (χ0n) is 16.6. The van der Waals surface area contributed by atoms with E-state index in [1.54, 1.807) is 7.11 Å². The molecule has 0 bridgehead atoms. The predicted molar refractivity (Wildman–Crippen MR) is 117 cm³/mol. The van der Waals surface area contributed by atoms with Crippen LogP contribution < -0.4 is 4.74 Å². The Labute approximate surface area is 178 Å². The second kappa shape index (κ2) is 7.88. The zero-order chi connectivity index (χ0) is 20.5. The summed E-state index contributed by atoms with van der Waals surface area (Å²) in [4.78, 5) is 22.5. The summed E-state index contributed by atoms with van der Waals surface area (Å²) >= 11 is 1.51. The predicted octanol–water partition coefficient (Wildman–Crippen LogP) is 5.21. The van der Waals surface area contributed by atoms with Crippen molar-refractivity contribution >= 4 is 28.2 Å². The van der Waals surface area contributed by atoms with Crippen LogP contribution in [-0.4, -0.2) is 23.0 Å². The molecule has 2 aromatic heterocycles. The first-order valence-corrected chi connectivity index (χ1v) is 10.8. The van der Waals surface area contributed by atoms with Crippen molar-refractivity contribution in [3.05, 3.63) is 76.4 Å². The van der Waals surface area contributed by atoms with E-state index in [0.29, 0.717) is 5.56 Å². The number of carbonyl (C=O) groups is 1. The molecule has 0 saturated heterocycles. The van der Waals surface area contributed by atoms with Crippen molar-refractivity contribution in [1.82, 2.24) is 9.97 Å². The Morgan fingerprint density at radius 1 is 1.07 bits per heavy atom. The molecule has 0 unspecified atom stereocenters. The molecule has 0 fully saturated rings. The monoisotopic (exact) mass is 416 g/mol. The van der Waals surface area contributed by atoms with Gasteiger partial charge >= 0.3 is 5.97 Å². The van der Waals surface area contributed by atoms with Crippen molar-refractivity contribution in [2.45, 2.75) is 25.9 Å². The Bertz CT molecular complexity index is 1250. The van der Waals surface area contributed by atoms with Gasteiger partial charge in [-0.1, -0.05) is 30.3 Å². The summed E-state index contributed by atoms with van der Waals surface area (Å²) in [6.07, 6.45) is 2.80. The molecule has 0 spiro atoms. The van der Waals surface area contributed by atoms with Gasteiger partial charge in [0.05, 0.1) is 29.4 Å². The first kappa shape index (κ1) is 18.8. The number of fused-ring (bicyclic) bond motifs is 2. The number of nitrogens with zero attached hydrogens (tertiary/aromatic N) is 2. The van der Waals surface area contributed by atoms with E-state index in [2.05, 4.69) is 4.98 Å². The van der Waals surface area contributed by atoms with Crippen LogP contribution in [0.25, 0.3) is 21.5 Å². The lowest BCUT2D eigenvalue weighted by atomic mass is 10.0. The van der Waals surface area contributed by atoms with Gasteiger partial charge in [-0.25, -0.2) is 9.78 Å². The third kappa shape index (κ3) is 3.33. The number of pyridine rings is 1. The van der Waals surface area contributed by atoms with Crippen molar-refractivity contribution in [3.8, 4) is 16.3 Å². The van der Waals surface area contributed by atoms with Gasteiger partial charge in [0.2, 0.25) is 0 Å². The highest BCUT2D eigenvalue weighted by Gasteiger charge is 2.25. The Kier molecular flexibility index (Phi) is 4.93. The Morgan fingerprint density at radius 3 is 2.80 bits per heavy atom. The minimum atomic E-state index is -0.307. The fraction of sp³-hybridized carbons (Fsp3) is 0.208. The third-order valence-electron chi connectivity index (χ3n) is 5.36. The van der Waals surface area contributed by atoms with Crippen LogP contribution in [0.15, 0.2) is 53.9 Å². The topological polar surface area (TPSA) is 61.3 Å². The lowest BCUT2D eigenvalue weighted by Crippen LogP contribution is -2.10. The van der Waals surface area contributed by atoms with Gasteiger partial charge in [0.1, 0.15) is 17.4 Å². The van der Waals surface area contributed by atoms with Gasteiger partial charge in [0, 0.05) is 16.5 Å². The molecule has 150 valence electrons. The van der Waals surface area contributed by atoms with Gasteiger partial charge in [0.25, 0.3) is 0 Å². The van der Waals surface area contributed by atoms with Crippen molar-refractivity contribution in [3.63, 3.8) is 0 Å². The number of rotatable bonds is 5. The Hall–Kier alpha value is -3.25. The summed E-state index contributed by atoms with van der Waals surface area (Å²) in [7, 11) is 1.65. The number of methoxy groups -OCH3 is 1. The standard InChI is InChI=1S/C24H20N2O3S/c1-28-21-12-5-3-8-18(21)23-25-15(14-30-23)13-29-24(27)22-16-7-2-4-10-19(16)26-20-11-6-9-17(20)22/h2-5,7-8,10,12,14H,6,9,11,13H2,1H3. The number of ether oxygens (including phenoxy) is 2. The first-order chi connectivity index (χ1) is 14.7. The summed E-state index contributed by atoms with van der Waals surface area (Å²) < 4.78 is 11.1. The molecule has 0 saturated carbocycles. The number of esters is 1. The number of aromatic nitrogens is 2. The number of para-hydroxylation sites is 2. The van der Waals surface area contributed by atoms with Gasteiger partial charge in [-0.05, 0) is 43.0 Å². The maximum absolute atomic E-state index is 13.1. The largest absolute Gasteiger partial charge is 0.496 e. The highest BCUT2D eigenvalue weighted by molar-refractivity contribution is 7.13. The summed E-state index contributed by atoms with van der Waals surface area (Å²) in [6.45, 7) is 0.135. The van der Waals surface area contributed by atoms with Crippen molar-refractivity contribution < 1.29 is 14.3 Å². The van der Waals surface area contributed by atoms with E-state index < -0.39 is 0 Å². The zero-order valence-corrected chi connectivity index (χ0v) is 17.4. The second-order valence-electron chi connectivity index (χ2n) is 7.20. The fourth-order valence-corrected chi connectivity index (χ4v) is 4.81. The molecule has 4 aromatic rings. The molecule has 5 rings (SSSR count). The van der Waals surface area contributed by atoms with Crippen molar-refractivity contribution in [1.29, 1.82) is 0 Å². The van der Waals surface area contributed by atoms with Crippen molar-refractivity contribution in [2.75, 3.05) is 7.11 Å². The number of hydrogen-bond acceptors (Lipinski definition) is 6. The van der Waals surface area contributed by atoms with Gasteiger partial charge < -0.3 is 9.47 Å². The van der Waals surface area contributed by atoms with E-state index >= 15 is 0 Å². The molecular weight excluding hydrogens is 396 g/mol. The van der Waals surface area contributed by atoms with E-state index in [4.69, 9.17) is 14.5 Å². The lowest BCUT2D eigenvalue weighted by molar-refractivity contribution is 0.0469. The molecule has 0 N–H and O–H groups in total. The number of thiazole rings is 1. The molecular formula is C24H20N2O3S. The van der Waals surface area contributed by atoms with Crippen LogP contribution in [0.4, 0.5) is 0 Å². The fourth-order valence-electron chi connectivity index (χ4n) is 3.97. The number of benzene rings is 2. The minimum Gasteiger partial charge on any atom is -0.496 e. The molecule has 1 aliphatic carbocycles. The molecule has 0 atom stereocenters. The molecule has 30 heavy (non-hydrogen) atoms. The molecule has 1 aliphatic rings. The van der Waals surface area contributed by atoms with E-state index in [1.165, 1.54) is 11.3 Å². The summed E-state index contributed by atoms with van der Waals surface area (Å²) in [5.41, 5.74) is 5.22. The summed E-state index contributed by atoms with van der Waals surface area (Å²) in [6, 6.07) is 15.5. The average molecular weight is 417 g/mol. The Morgan fingerprint density at radius 2 is 1.90 bits per heavy atom. The summed E-state index contributed by atoms with van der Waals surface area (Å²) in [5, 5.41) is 3.62. The smallest absolute Gasteiger partial charge is 0.339 e. The quantitative estimate of drug-likeness (QED) is 0.418.